The van der Waals surface area contributed by atoms with Crippen molar-refractivity contribution in [2.24, 2.45) is 5.73 Å². The number of nitrogens with two attached hydrogens (primary N) is 1. The lowest BCUT2D eigenvalue weighted by Crippen LogP contribution is -2.52. The maximum atomic E-state index is 12.0. The SMILES string of the molecule is C=CCCCN(C)C(=O)C1(N)CCCC1.Cl. The second-order valence-electron chi connectivity index (χ2n) is 4.52. The van der Waals surface area contributed by atoms with Crippen LogP contribution < -0.4 is 5.73 Å². The van der Waals surface area contributed by atoms with Gasteiger partial charge in [-0.05, 0) is 25.7 Å². The highest BCUT2D eigenvalue weighted by Crippen LogP contribution is 2.28. The Bertz CT molecular complexity index is 237. The molecule has 1 fully saturated rings. The second-order valence-corrected chi connectivity index (χ2v) is 4.52. The van der Waals surface area contributed by atoms with E-state index in [4.69, 9.17) is 5.73 Å². The van der Waals surface area contributed by atoms with E-state index in [1.165, 1.54) is 0 Å². The maximum absolute atomic E-state index is 12.0. The zero-order valence-corrected chi connectivity index (χ0v) is 10.9. The van der Waals surface area contributed by atoms with Crippen molar-refractivity contribution < 1.29 is 4.79 Å². The van der Waals surface area contributed by atoms with Gasteiger partial charge in [-0.3, -0.25) is 4.79 Å². The minimum atomic E-state index is -0.567. The van der Waals surface area contributed by atoms with Gasteiger partial charge < -0.3 is 10.6 Å². The number of hydrogen-bond acceptors (Lipinski definition) is 2. The van der Waals surface area contributed by atoms with Gasteiger partial charge in [-0.1, -0.05) is 18.9 Å². The zero-order valence-electron chi connectivity index (χ0n) is 10.1. The predicted octanol–water partition coefficient (Wildman–Crippen LogP) is 2.10. The number of carbonyl (C=O) groups excluding carboxylic acids is 1. The fourth-order valence-corrected chi connectivity index (χ4v) is 2.17. The summed E-state index contributed by atoms with van der Waals surface area (Å²) in [5, 5.41) is 0. The molecule has 0 aromatic rings. The number of carbonyl (C=O) groups is 1. The maximum Gasteiger partial charge on any atom is 0.242 e. The Morgan fingerprint density at radius 1 is 1.50 bits per heavy atom. The molecule has 0 aromatic heterocycles. The van der Waals surface area contributed by atoms with Gasteiger partial charge >= 0.3 is 0 Å². The summed E-state index contributed by atoms with van der Waals surface area (Å²) in [7, 11) is 1.85. The van der Waals surface area contributed by atoms with Crippen molar-refractivity contribution in [2.75, 3.05) is 13.6 Å². The summed E-state index contributed by atoms with van der Waals surface area (Å²) in [4.78, 5) is 13.8. The Balaban J connectivity index is 0.00000225. The van der Waals surface area contributed by atoms with Crippen LogP contribution in [0.5, 0.6) is 0 Å². The van der Waals surface area contributed by atoms with E-state index in [0.29, 0.717) is 0 Å². The zero-order chi connectivity index (χ0) is 11.3. The molecule has 1 amide bonds. The molecular weight excluding hydrogens is 224 g/mol. The molecule has 0 unspecified atom stereocenters. The first-order chi connectivity index (χ1) is 7.10. The van der Waals surface area contributed by atoms with Gasteiger partial charge in [-0.15, -0.1) is 19.0 Å². The summed E-state index contributed by atoms with van der Waals surface area (Å²) in [6, 6.07) is 0. The predicted molar refractivity (Wildman–Crippen MR) is 69.7 cm³/mol. The van der Waals surface area contributed by atoms with Gasteiger partial charge in [0.2, 0.25) is 5.91 Å². The number of allylic oxidation sites excluding steroid dienone is 1. The lowest BCUT2D eigenvalue weighted by molar-refractivity contribution is -0.135. The van der Waals surface area contributed by atoms with Crippen molar-refractivity contribution in [2.45, 2.75) is 44.1 Å². The molecule has 1 aliphatic rings. The molecule has 94 valence electrons. The first-order valence-corrected chi connectivity index (χ1v) is 5.75. The van der Waals surface area contributed by atoms with E-state index in [2.05, 4.69) is 6.58 Å². The first kappa shape index (κ1) is 15.5. The number of amides is 1. The minimum absolute atomic E-state index is 0. The van der Waals surface area contributed by atoms with Crippen LogP contribution in [-0.4, -0.2) is 29.9 Å². The molecule has 0 spiro atoms. The highest BCUT2D eigenvalue weighted by Gasteiger charge is 2.38. The van der Waals surface area contributed by atoms with Crippen molar-refractivity contribution in [3.63, 3.8) is 0 Å². The Kier molecular flexibility index (Phi) is 6.68. The molecule has 1 aliphatic carbocycles. The van der Waals surface area contributed by atoms with Crippen LogP contribution >= 0.6 is 12.4 Å². The van der Waals surface area contributed by atoms with Gasteiger partial charge in [0.25, 0.3) is 0 Å². The summed E-state index contributed by atoms with van der Waals surface area (Å²) in [6.45, 7) is 4.45. The monoisotopic (exact) mass is 246 g/mol. The number of hydrogen-bond donors (Lipinski definition) is 1. The highest BCUT2D eigenvalue weighted by atomic mass is 35.5. The third kappa shape index (κ3) is 3.80. The Labute approximate surface area is 104 Å². The van der Waals surface area contributed by atoms with Crippen LogP contribution in [0, 0.1) is 0 Å². The fraction of sp³-hybridized carbons (Fsp3) is 0.750. The van der Waals surface area contributed by atoms with Gasteiger partial charge in [0, 0.05) is 13.6 Å². The normalized spacial score (nSPS) is 17.6. The smallest absolute Gasteiger partial charge is 0.242 e. The average molecular weight is 247 g/mol. The van der Waals surface area contributed by atoms with Gasteiger partial charge in [0.1, 0.15) is 0 Å². The van der Waals surface area contributed by atoms with Crippen molar-refractivity contribution >= 4 is 18.3 Å². The topological polar surface area (TPSA) is 46.3 Å². The van der Waals surface area contributed by atoms with Crippen molar-refractivity contribution in [1.29, 1.82) is 0 Å². The summed E-state index contributed by atoms with van der Waals surface area (Å²) >= 11 is 0. The van der Waals surface area contributed by atoms with E-state index in [1.54, 1.807) is 4.90 Å². The number of nitrogens with zero attached hydrogens (tertiary/aromatic N) is 1. The lowest BCUT2D eigenvalue weighted by Gasteiger charge is -2.28. The van der Waals surface area contributed by atoms with Crippen LogP contribution in [0.1, 0.15) is 38.5 Å². The van der Waals surface area contributed by atoms with E-state index < -0.39 is 5.54 Å². The van der Waals surface area contributed by atoms with Gasteiger partial charge in [-0.25, -0.2) is 0 Å². The van der Waals surface area contributed by atoms with E-state index in [0.717, 1.165) is 45.1 Å². The van der Waals surface area contributed by atoms with Crippen LogP contribution in [0.2, 0.25) is 0 Å². The number of halogens is 1. The summed E-state index contributed by atoms with van der Waals surface area (Å²) in [5.41, 5.74) is 5.53. The molecule has 0 atom stereocenters. The first-order valence-electron chi connectivity index (χ1n) is 5.75. The van der Waals surface area contributed by atoms with E-state index in [-0.39, 0.29) is 18.3 Å². The molecule has 0 bridgehead atoms. The second kappa shape index (κ2) is 6.92. The average Bonchev–Trinajstić information content (AvgIpc) is 2.65. The molecule has 16 heavy (non-hydrogen) atoms. The van der Waals surface area contributed by atoms with Crippen LogP contribution in [0.25, 0.3) is 0 Å². The Hall–Kier alpha value is -0.540. The van der Waals surface area contributed by atoms with Crippen LogP contribution in [-0.2, 0) is 4.79 Å². The summed E-state index contributed by atoms with van der Waals surface area (Å²) < 4.78 is 0. The van der Waals surface area contributed by atoms with Crippen molar-refractivity contribution in [3.05, 3.63) is 12.7 Å². The molecular formula is C12H23ClN2O. The highest BCUT2D eigenvalue weighted by molar-refractivity contribution is 5.86. The summed E-state index contributed by atoms with van der Waals surface area (Å²) in [6.07, 6.45) is 7.67. The molecule has 0 radical (unpaired) electrons. The number of unbranched alkanes of at least 4 members (excludes halogenated alkanes) is 1. The van der Waals surface area contributed by atoms with Crippen molar-refractivity contribution in [3.8, 4) is 0 Å². The molecule has 0 heterocycles. The lowest BCUT2D eigenvalue weighted by atomic mass is 9.97. The van der Waals surface area contributed by atoms with Gasteiger partial charge in [0.05, 0.1) is 5.54 Å². The Morgan fingerprint density at radius 3 is 2.56 bits per heavy atom. The van der Waals surface area contributed by atoms with Crippen LogP contribution in [0.4, 0.5) is 0 Å². The van der Waals surface area contributed by atoms with Gasteiger partial charge in [0.15, 0.2) is 0 Å². The molecule has 0 saturated heterocycles. The molecule has 0 aliphatic heterocycles. The molecule has 1 saturated carbocycles. The van der Waals surface area contributed by atoms with E-state index in [1.807, 2.05) is 13.1 Å². The minimum Gasteiger partial charge on any atom is -0.344 e. The quantitative estimate of drug-likeness (QED) is 0.597. The third-order valence-electron chi connectivity index (χ3n) is 3.17. The standard InChI is InChI=1S/C12H22N2O.ClH/c1-3-4-7-10-14(2)11(15)12(13)8-5-6-9-12;/h3H,1,4-10,13H2,2H3;1H. The molecule has 3 nitrogen and oxygen atoms in total. The molecule has 1 rings (SSSR count). The Morgan fingerprint density at radius 2 is 2.06 bits per heavy atom. The van der Waals surface area contributed by atoms with E-state index in [9.17, 15) is 4.79 Å². The molecule has 4 heteroatoms. The van der Waals surface area contributed by atoms with Crippen LogP contribution in [0.3, 0.4) is 0 Å². The van der Waals surface area contributed by atoms with Gasteiger partial charge in [-0.2, -0.15) is 0 Å². The fourth-order valence-electron chi connectivity index (χ4n) is 2.17. The molecule has 0 aromatic carbocycles. The largest absolute Gasteiger partial charge is 0.344 e. The summed E-state index contributed by atoms with van der Waals surface area (Å²) in [5.74, 6) is 0.115. The number of rotatable bonds is 5. The third-order valence-corrected chi connectivity index (χ3v) is 3.17. The molecule has 2 N–H and O–H groups in total. The van der Waals surface area contributed by atoms with E-state index >= 15 is 0 Å². The number of likely N-dealkylation sites (N-methyl/N-ethyl adjacent to an activating group) is 1. The van der Waals surface area contributed by atoms with Crippen LogP contribution in [0.15, 0.2) is 12.7 Å². The van der Waals surface area contributed by atoms with Crippen molar-refractivity contribution in [1.82, 2.24) is 4.90 Å².